The van der Waals surface area contributed by atoms with Crippen LogP contribution in [0.1, 0.15) is 5.82 Å². The van der Waals surface area contributed by atoms with Crippen molar-refractivity contribution in [3.63, 3.8) is 0 Å². The molecule has 1 aliphatic heterocycles. The number of hydrogen-bond donors (Lipinski definition) is 3. The van der Waals surface area contributed by atoms with Crippen molar-refractivity contribution in [1.29, 1.82) is 0 Å². The van der Waals surface area contributed by atoms with Gasteiger partial charge in [0.2, 0.25) is 0 Å². The molecule has 0 bridgehead atoms. The lowest BCUT2D eigenvalue weighted by atomic mass is 10.2. The first-order valence-corrected chi connectivity index (χ1v) is 8.99. The molecule has 0 unspecified atom stereocenters. The maximum atomic E-state index is 11.5. The molecule has 29 heavy (non-hydrogen) atoms. The molecule has 0 saturated heterocycles. The zero-order chi connectivity index (χ0) is 20.0. The zero-order valence-electron chi connectivity index (χ0n) is 15.5. The SMILES string of the molecule is Cc1nc(N)cc(-c2c(Nc3ccc4c(c3)OCC(=O)N4)nc3ccccn23)n1. The first-order valence-electron chi connectivity index (χ1n) is 8.99. The Morgan fingerprint density at radius 2 is 2.07 bits per heavy atom. The summed E-state index contributed by atoms with van der Waals surface area (Å²) in [6.45, 7) is 1.79. The molecular weight excluding hydrogens is 370 g/mol. The number of nitrogens with one attached hydrogen (secondary N) is 2. The van der Waals surface area contributed by atoms with E-state index in [0.29, 0.717) is 34.6 Å². The average molecular weight is 387 g/mol. The second-order valence-electron chi connectivity index (χ2n) is 6.64. The Hall–Kier alpha value is -4.14. The zero-order valence-corrected chi connectivity index (χ0v) is 15.5. The number of nitrogens with zero attached hydrogens (tertiary/aromatic N) is 4. The second kappa shape index (κ2) is 6.48. The molecule has 0 radical (unpaired) electrons. The third-order valence-corrected chi connectivity index (χ3v) is 4.51. The lowest BCUT2D eigenvalue weighted by molar-refractivity contribution is -0.118. The number of carbonyl (C=O) groups excluding carboxylic acids is 1. The van der Waals surface area contributed by atoms with Crippen LogP contribution in [0.3, 0.4) is 0 Å². The smallest absolute Gasteiger partial charge is 0.262 e. The highest BCUT2D eigenvalue weighted by Gasteiger charge is 2.19. The largest absolute Gasteiger partial charge is 0.482 e. The lowest BCUT2D eigenvalue weighted by Crippen LogP contribution is -2.25. The number of imidazole rings is 1. The van der Waals surface area contributed by atoms with Crippen LogP contribution in [0.2, 0.25) is 0 Å². The van der Waals surface area contributed by atoms with Gasteiger partial charge in [0.25, 0.3) is 5.91 Å². The predicted molar refractivity (Wildman–Crippen MR) is 109 cm³/mol. The molecule has 0 fully saturated rings. The van der Waals surface area contributed by atoms with Crippen molar-refractivity contribution in [2.45, 2.75) is 6.92 Å². The van der Waals surface area contributed by atoms with Crippen LogP contribution >= 0.6 is 0 Å². The van der Waals surface area contributed by atoms with Crippen molar-refractivity contribution in [2.75, 3.05) is 23.0 Å². The third-order valence-electron chi connectivity index (χ3n) is 4.51. The van der Waals surface area contributed by atoms with E-state index < -0.39 is 0 Å². The lowest BCUT2D eigenvalue weighted by Gasteiger charge is -2.18. The van der Waals surface area contributed by atoms with E-state index in [1.54, 1.807) is 19.1 Å². The molecule has 4 N–H and O–H groups in total. The van der Waals surface area contributed by atoms with Gasteiger partial charge in [-0.3, -0.25) is 9.20 Å². The van der Waals surface area contributed by atoms with Gasteiger partial charge in [-0.1, -0.05) is 6.07 Å². The topological polar surface area (TPSA) is 119 Å². The van der Waals surface area contributed by atoms with Crippen molar-refractivity contribution in [2.24, 2.45) is 0 Å². The van der Waals surface area contributed by atoms with E-state index in [4.69, 9.17) is 15.5 Å². The molecule has 0 aliphatic carbocycles. The first-order chi connectivity index (χ1) is 14.1. The van der Waals surface area contributed by atoms with Crippen LogP contribution < -0.4 is 21.1 Å². The van der Waals surface area contributed by atoms with Crippen LogP contribution in [-0.4, -0.2) is 31.9 Å². The van der Waals surface area contributed by atoms with Crippen LogP contribution in [0.15, 0.2) is 48.7 Å². The highest BCUT2D eigenvalue weighted by Crippen LogP contribution is 2.34. The standard InChI is InChI=1S/C20H17N7O2/c1-11-22-14(9-16(21)23-11)19-20(26-17-4-2-3-7-27(17)19)24-12-5-6-13-15(8-12)29-10-18(28)25-13/h2-9,24H,10H2,1H3,(H,25,28)(H2,21,22,23). The molecule has 5 rings (SSSR count). The fourth-order valence-electron chi connectivity index (χ4n) is 3.33. The molecule has 1 amide bonds. The normalized spacial score (nSPS) is 12.9. The Morgan fingerprint density at radius 1 is 1.17 bits per heavy atom. The molecule has 144 valence electrons. The molecule has 3 aromatic heterocycles. The Kier molecular flexibility index (Phi) is 3.80. The van der Waals surface area contributed by atoms with Gasteiger partial charge < -0.3 is 21.1 Å². The van der Waals surface area contributed by atoms with E-state index in [2.05, 4.69) is 20.6 Å². The number of ether oxygens (including phenoxy) is 1. The number of nitrogen functional groups attached to an aromatic ring is 1. The van der Waals surface area contributed by atoms with Crippen molar-refractivity contribution >= 4 is 34.6 Å². The summed E-state index contributed by atoms with van der Waals surface area (Å²) in [5.74, 6) is 2.02. The van der Waals surface area contributed by atoms with Gasteiger partial charge in [-0.15, -0.1) is 0 Å². The summed E-state index contributed by atoms with van der Waals surface area (Å²) >= 11 is 0. The number of fused-ring (bicyclic) bond motifs is 2. The summed E-state index contributed by atoms with van der Waals surface area (Å²) in [5.41, 5.74) is 9.55. The minimum Gasteiger partial charge on any atom is -0.482 e. The number of aryl methyl sites for hydroxylation is 1. The molecular formula is C20H17N7O2. The highest BCUT2D eigenvalue weighted by atomic mass is 16.5. The third kappa shape index (κ3) is 3.08. The van der Waals surface area contributed by atoms with E-state index in [1.807, 2.05) is 40.9 Å². The van der Waals surface area contributed by atoms with Gasteiger partial charge in [0.1, 0.15) is 28.7 Å². The number of rotatable bonds is 3. The number of hydrogen-bond acceptors (Lipinski definition) is 7. The summed E-state index contributed by atoms with van der Waals surface area (Å²) < 4.78 is 7.45. The minimum atomic E-state index is -0.169. The molecule has 1 aliphatic rings. The van der Waals surface area contributed by atoms with Gasteiger partial charge in [-0.25, -0.2) is 15.0 Å². The minimum absolute atomic E-state index is 0.00441. The number of benzene rings is 1. The van der Waals surface area contributed by atoms with E-state index >= 15 is 0 Å². The quantitative estimate of drug-likeness (QED) is 0.494. The number of carbonyl (C=O) groups is 1. The van der Waals surface area contributed by atoms with Gasteiger partial charge in [-0.05, 0) is 31.2 Å². The Bertz CT molecular complexity index is 1240. The first kappa shape index (κ1) is 17.0. The van der Waals surface area contributed by atoms with Crippen molar-refractivity contribution in [3.8, 4) is 17.1 Å². The van der Waals surface area contributed by atoms with Gasteiger partial charge in [-0.2, -0.15) is 0 Å². The van der Waals surface area contributed by atoms with Crippen LogP contribution in [-0.2, 0) is 4.79 Å². The molecule has 4 aromatic rings. The maximum absolute atomic E-state index is 11.5. The number of anilines is 4. The summed E-state index contributed by atoms with van der Waals surface area (Å²) in [7, 11) is 0. The average Bonchev–Trinajstić information content (AvgIpc) is 3.05. The molecule has 9 heteroatoms. The van der Waals surface area contributed by atoms with Crippen LogP contribution in [0, 0.1) is 6.92 Å². The molecule has 0 spiro atoms. The summed E-state index contributed by atoms with van der Waals surface area (Å²) in [6, 6.07) is 12.9. The van der Waals surface area contributed by atoms with E-state index in [9.17, 15) is 4.79 Å². The number of aromatic nitrogens is 4. The van der Waals surface area contributed by atoms with Crippen molar-refractivity contribution in [3.05, 3.63) is 54.5 Å². The fraction of sp³-hybridized carbons (Fsp3) is 0.100. The van der Waals surface area contributed by atoms with Crippen molar-refractivity contribution < 1.29 is 9.53 Å². The van der Waals surface area contributed by atoms with Crippen LogP contribution in [0.25, 0.3) is 17.0 Å². The summed E-state index contributed by atoms with van der Waals surface area (Å²) in [6.07, 6.45) is 1.92. The number of nitrogens with two attached hydrogens (primary N) is 1. The van der Waals surface area contributed by atoms with Gasteiger partial charge in [0, 0.05) is 24.0 Å². The predicted octanol–water partition coefficient (Wildman–Crippen LogP) is 2.76. The molecule has 9 nitrogen and oxygen atoms in total. The fourth-order valence-corrected chi connectivity index (χ4v) is 3.33. The van der Waals surface area contributed by atoms with Crippen LogP contribution in [0.4, 0.5) is 23.0 Å². The summed E-state index contributed by atoms with van der Waals surface area (Å²) in [4.78, 5) is 24.9. The Morgan fingerprint density at radius 3 is 2.93 bits per heavy atom. The second-order valence-corrected chi connectivity index (χ2v) is 6.64. The van der Waals surface area contributed by atoms with Gasteiger partial charge >= 0.3 is 0 Å². The van der Waals surface area contributed by atoms with Crippen LogP contribution in [0.5, 0.6) is 5.75 Å². The molecule has 4 heterocycles. The number of pyridine rings is 1. The Balaban J connectivity index is 1.61. The molecule has 0 saturated carbocycles. The Labute approximate surface area is 165 Å². The monoisotopic (exact) mass is 387 g/mol. The van der Waals surface area contributed by atoms with Gasteiger partial charge in [0.15, 0.2) is 12.4 Å². The number of amides is 1. The van der Waals surface area contributed by atoms with Crippen molar-refractivity contribution in [1.82, 2.24) is 19.4 Å². The molecule has 0 atom stereocenters. The van der Waals surface area contributed by atoms with E-state index in [0.717, 1.165) is 17.0 Å². The summed E-state index contributed by atoms with van der Waals surface area (Å²) in [5, 5.41) is 6.11. The van der Waals surface area contributed by atoms with E-state index in [-0.39, 0.29) is 12.5 Å². The van der Waals surface area contributed by atoms with E-state index in [1.165, 1.54) is 0 Å². The maximum Gasteiger partial charge on any atom is 0.262 e. The molecule has 1 aromatic carbocycles. The highest BCUT2D eigenvalue weighted by molar-refractivity contribution is 5.96. The van der Waals surface area contributed by atoms with Gasteiger partial charge in [0.05, 0.1) is 11.4 Å².